The number of hydrogen-bond donors (Lipinski definition) is 3. The van der Waals surface area contributed by atoms with E-state index in [9.17, 15) is 13.2 Å². The Morgan fingerprint density at radius 1 is 1.36 bits per heavy atom. The van der Waals surface area contributed by atoms with Gasteiger partial charge in [0.2, 0.25) is 5.91 Å². The zero-order valence-electron chi connectivity index (χ0n) is 11.6. The zero-order valence-corrected chi connectivity index (χ0v) is 12.4. The fourth-order valence-corrected chi connectivity index (χ4v) is 3.29. The van der Waals surface area contributed by atoms with Gasteiger partial charge in [-0.25, -0.2) is 8.42 Å². The minimum atomic E-state index is -3.60. The second-order valence-electron chi connectivity index (χ2n) is 4.73. The monoisotopic (exact) mass is 319 g/mol. The standard InChI is InChI=1S/C13H13N5O3S/c1-8(13(19)17-9-6-14-15-7-9)16-12-10-4-2-3-5-11(10)22(20,21)18-12/h2-8H,1H3,(H,14,15)(H,16,18)(H,17,19)/t8-/m1/s1. The molecule has 0 spiro atoms. The lowest BCUT2D eigenvalue weighted by Gasteiger charge is -2.08. The van der Waals surface area contributed by atoms with Crippen molar-refractivity contribution in [3.8, 4) is 0 Å². The number of amidine groups is 1. The highest BCUT2D eigenvalue weighted by molar-refractivity contribution is 7.90. The van der Waals surface area contributed by atoms with Crippen LogP contribution in [-0.2, 0) is 14.8 Å². The molecule has 1 aromatic carbocycles. The molecule has 2 aromatic rings. The normalized spacial score (nSPS) is 18.5. The van der Waals surface area contributed by atoms with Gasteiger partial charge in [-0.15, -0.1) is 0 Å². The number of carbonyl (C=O) groups is 1. The highest BCUT2D eigenvalue weighted by atomic mass is 32.2. The molecule has 0 radical (unpaired) electrons. The van der Waals surface area contributed by atoms with E-state index in [4.69, 9.17) is 0 Å². The van der Waals surface area contributed by atoms with Crippen LogP contribution >= 0.6 is 0 Å². The van der Waals surface area contributed by atoms with Gasteiger partial charge in [-0.3, -0.25) is 19.6 Å². The number of aromatic nitrogens is 2. The minimum absolute atomic E-state index is 0.163. The van der Waals surface area contributed by atoms with Crippen molar-refractivity contribution in [3.05, 3.63) is 42.2 Å². The molecular weight excluding hydrogens is 306 g/mol. The molecule has 1 aliphatic heterocycles. The van der Waals surface area contributed by atoms with E-state index >= 15 is 0 Å². The third kappa shape index (κ3) is 2.58. The van der Waals surface area contributed by atoms with Gasteiger partial charge >= 0.3 is 0 Å². The lowest BCUT2D eigenvalue weighted by atomic mass is 10.2. The van der Waals surface area contributed by atoms with Crippen molar-refractivity contribution in [1.29, 1.82) is 0 Å². The Labute approximate surface area is 126 Å². The van der Waals surface area contributed by atoms with E-state index in [0.29, 0.717) is 11.3 Å². The number of sulfonamides is 1. The molecule has 9 heteroatoms. The molecule has 0 unspecified atom stereocenters. The number of rotatable bonds is 3. The Hall–Kier alpha value is -2.68. The molecule has 1 aromatic heterocycles. The summed E-state index contributed by atoms with van der Waals surface area (Å²) in [4.78, 5) is 16.4. The van der Waals surface area contributed by atoms with Gasteiger partial charge in [0.05, 0.1) is 16.8 Å². The van der Waals surface area contributed by atoms with Crippen LogP contribution in [-0.4, -0.2) is 36.4 Å². The zero-order chi connectivity index (χ0) is 15.7. The molecule has 0 fully saturated rings. The van der Waals surface area contributed by atoms with Crippen LogP contribution in [0.25, 0.3) is 0 Å². The van der Waals surface area contributed by atoms with Gasteiger partial charge in [0.25, 0.3) is 10.0 Å². The number of aromatic amines is 1. The summed E-state index contributed by atoms with van der Waals surface area (Å²) >= 11 is 0. The molecule has 3 N–H and O–H groups in total. The number of hydrogen-bond acceptors (Lipinski definition) is 5. The molecule has 2 heterocycles. The van der Waals surface area contributed by atoms with Crippen LogP contribution in [0.5, 0.6) is 0 Å². The number of carbonyl (C=O) groups excluding carboxylic acids is 1. The number of H-pyrrole nitrogens is 1. The lowest BCUT2D eigenvalue weighted by molar-refractivity contribution is -0.117. The summed E-state index contributed by atoms with van der Waals surface area (Å²) in [7, 11) is -3.60. The Morgan fingerprint density at radius 2 is 2.14 bits per heavy atom. The van der Waals surface area contributed by atoms with Crippen molar-refractivity contribution >= 4 is 27.5 Å². The first-order chi connectivity index (χ1) is 10.5. The number of nitrogens with zero attached hydrogens (tertiary/aromatic N) is 2. The summed E-state index contributed by atoms with van der Waals surface area (Å²) in [5.74, 6) is -0.192. The Balaban J connectivity index is 1.85. The van der Waals surface area contributed by atoms with Crippen LogP contribution in [0, 0.1) is 0 Å². The van der Waals surface area contributed by atoms with Crippen molar-refractivity contribution in [2.75, 3.05) is 5.32 Å². The number of nitrogens with one attached hydrogen (secondary N) is 3. The van der Waals surface area contributed by atoms with Crippen LogP contribution in [0.15, 0.2) is 46.5 Å². The van der Waals surface area contributed by atoms with Crippen LogP contribution in [0.1, 0.15) is 12.5 Å². The first-order valence-corrected chi connectivity index (χ1v) is 7.95. The maximum absolute atomic E-state index is 12.0. The third-order valence-corrected chi connectivity index (χ3v) is 4.53. The highest BCUT2D eigenvalue weighted by Gasteiger charge is 2.31. The number of benzene rings is 1. The number of anilines is 1. The first-order valence-electron chi connectivity index (χ1n) is 6.47. The van der Waals surface area contributed by atoms with Crippen molar-refractivity contribution in [3.63, 3.8) is 0 Å². The predicted octanol–water partition coefficient (Wildman–Crippen LogP) is 0.475. The van der Waals surface area contributed by atoms with Gasteiger partial charge in [-0.05, 0) is 19.1 Å². The largest absolute Gasteiger partial charge is 0.322 e. The van der Waals surface area contributed by atoms with Crippen molar-refractivity contribution in [2.24, 2.45) is 4.99 Å². The van der Waals surface area contributed by atoms with Crippen LogP contribution in [0.2, 0.25) is 0 Å². The molecule has 1 atom stereocenters. The van der Waals surface area contributed by atoms with Crippen LogP contribution in [0.3, 0.4) is 0 Å². The van der Waals surface area contributed by atoms with Crippen molar-refractivity contribution in [2.45, 2.75) is 17.9 Å². The minimum Gasteiger partial charge on any atom is -0.322 e. The van der Waals surface area contributed by atoms with E-state index < -0.39 is 16.1 Å². The van der Waals surface area contributed by atoms with E-state index in [0.717, 1.165) is 0 Å². The molecule has 0 saturated heterocycles. The van der Waals surface area contributed by atoms with Crippen LogP contribution in [0.4, 0.5) is 5.69 Å². The fourth-order valence-electron chi connectivity index (χ4n) is 2.05. The maximum atomic E-state index is 12.0. The SMILES string of the molecule is C[C@@H](N=C1NS(=O)(=O)c2ccccc21)C(=O)Nc1cn[nH]c1. The second-order valence-corrected chi connectivity index (χ2v) is 6.38. The summed E-state index contributed by atoms with van der Waals surface area (Å²) in [6, 6.07) is 5.73. The van der Waals surface area contributed by atoms with E-state index in [-0.39, 0.29) is 16.6 Å². The fraction of sp³-hybridized carbons (Fsp3) is 0.154. The lowest BCUT2D eigenvalue weighted by Crippen LogP contribution is -2.28. The smallest absolute Gasteiger partial charge is 0.263 e. The average molecular weight is 319 g/mol. The summed E-state index contributed by atoms with van der Waals surface area (Å²) in [5, 5.41) is 8.92. The average Bonchev–Trinajstić information content (AvgIpc) is 3.07. The molecule has 22 heavy (non-hydrogen) atoms. The number of fused-ring (bicyclic) bond motifs is 1. The topological polar surface area (TPSA) is 116 Å². The van der Waals surface area contributed by atoms with Gasteiger partial charge in [-0.2, -0.15) is 5.10 Å². The molecule has 1 amide bonds. The van der Waals surface area contributed by atoms with Crippen molar-refractivity contribution < 1.29 is 13.2 Å². The maximum Gasteiger partial charge on any atom is 0.263 e. The van der Waals surface area contributed by atoms with E-state index in [1.807, 2.05) is 0 Å². The molecule has 0 bridgehead atoms. The van der Waals surface area contributed by atoms with Gasteiger partial charge < -0.3 is 5.32 Å². The summed E-state index contributed by atoms with van der Waals surface area (Å²) in [6.45, 7) is 1.58. The molecule has 0 saturated carbocycles. The predicted molar refractivity (Wildman–Crippen MR) is 80.0 cm³/mol. The molecule has 8 nitrogen and oxygen atoms in total. The third-order valence-electron chi connectivity index (χ3n) is 3.13. The van der Waals surface area contributed by atoms with Gasteiger partial charge in [-0.1, -0.05) is 12.1 Å². The Bertz CT molecular complexity index is 842. The molecule has 0 aliphatic carbocycles. The summed E-state index contributed by atoms with van der Waals surface area (Å²) in [5.41, 5.74) is 0.981. The summed E-state index contributed by atoms with van der Waals surface area (Å²) < 4.78 is 26.3. The number of aliphatic imine (C=N–C) groups is 1. The molecule has 114 valence electrons. The Kier molecular flexibility index (Phi) is 3.41. The number of amides is 1. The van der Waals surface area contributed by atoms with E-state index in [1.165, 1.54) is 18.5 Å². The quantitative estimate of drug-likeness (QED) is 0.762. The van der Waals surface area contributed by atoms with Gasteiger partial charge in [0, 0.05) is 11.8 Å². The molecular formula is C13H13N5O3S. The van der Waals surface area contributed by atoms with Crippen molar-refractivity contribution in [1.82, 2.24) is 14.9 Å². The highest BCUT2D eigenvalue weighted by Crippen LogP contribution is 2.22. The Morgan fingerprint density at radius 3 is 2.86 bits per heavy atom. The summed E-state index contributed by atoms with van der Waals surface area (Å²) in [6.07, 6.45) is 3.00. The van der Waals surface area contributed by atoms with Gasteiger partial charge in [0.15, 0.2) is 0 Å². The van der Waals surface area contributed by atoms with Crippen LogP contribution < -0.4 is 10.0 Å². The second kappa shape index (κ2) is 5.26. The molecule has 3 rings (SSSR count). The van der Waals surface area contributed by atoms with E-state index in [2.05, 4.69) is 25.2 Å². The van der Waals surface area contributed by atoms with Gasteiger partial charge in [0.1, 0.15) is 11.9 Å². The first kappa shape index (κ1) is 14.3. The van der Waals surface area contributed by atoms with E-state index in [1.54, 1.807) is 25.1 Å². The molecule has 1 aliphatic rings.